The molecule has 3 N–H and O–H groups in total. The molecule has 1 aliphatic carbocycles. The van der Waals surface area contributed by atoms with Crippen molar-refractivity contribution in [1.82, 2.24) is 25.1 Å². The molecule has 1 aliphatic rings. The zero-order valence-corrected chi connectivity index (χ0v) is 13.5. The summed E-state index contributed by atoms with van der Waals surface area (Å²) in [6.45, 7) is 3.90. The fourth-order valence-electron chi connectivity index (χ4n) is 3.37. The molecule has 23 heavy (non-hydrogen) atoms. The Morgan fingerprint density at radius 3 is 2.96 bits per heavy atom. The molecular weight excluding hydrogens is 294 g/mol. The van der Waals surface area contributed by atoms with E-state index in [4.69, 9.17) is 0 Å². The maximum absolute atomic E-state index is 12.2. The molecule has 7 heteroatoms. The Labute approximate surface area is 135 Å². The Balaban J connectivity index is 1.52. The first-order valence-corrected chi connectivity index (χ1v) is 8.01. The van der Waals surface area contributed by atoms with Crippen molar-refractivity contribution in [3.05, 3.63) is 35.7 Å². The van der Waals surface area contributed by atoms with Gasteiger partial charge in [-0.3, -0.25) is 9.89 Å². The molecule has 7 nitrogen and oxygen atoms in total. The number of amides is 1. The highest BCUT2D eigenvalue weighted by molar-refractivity contribution is 5.76. The van der Waals surface area contributed by atoms with E-state index in [0.717, 1.165) is 29.8 Å². The van der Waals surface area contributed by atoms with Gasteiger partial charge in [0, 0.05) is 24.5 Å². The molecule has 0 unspecified atom stereocenters. The van der Waals surface area contributed by atoms with Gasteiger partial charge in [0.25, 0.3) is 0 Å². The van der Waals surface area contributed by atoms with Gasteiger partial charge in [0.15, 0.2) is 0 Å². The van der Waals surface area contributed by atoms with Gasteiger partial charge >= 0.3 is 0 Å². The van der Waals surface area contributed by atoms with E-state index in [2.05, 4.69) is 20.5 Å². The van der Waals surface area contributed by atoms with Crippen LogP contribution in [-0.2, 0) is 11.2 Å². The minimum Gasteiger partial charge on any atom is -0.389 e. The van der Waals surface area contributed by atoms with Gasteiger partial charge in [-0.15, -0.1) is 0 Å². The summed E-state index contributed by atoms with van der Waals surface area (Å²) in [6.07, 6.45) is 7.36. The molecule has 0 saturated heterocycles. The van der Waals surface area contributed by atoms with Crippen molar-refractivity contribution in [2.24, 2.45) is 0 Å². The molecular formula is C16H23N5O2. The summed E-state index contributed by atoms with van der Waals surface area (Å²) in [5, 5.41) is 20.5. The van der Waals surface area contributed by atoms with E-state index in [1.807, 2.05) is 24.6 Å². The Kier molecular flexibility index (Phi) is 4.47. The van der Waals surface area contributed by atoms with Gasteiger partial charge in [-0.1, -0.05) is 0 Å². The van der Waals surface area contributed by atoms with Crippen molar-refractivity contribution in [2.45, 2.75) is 57.7 Å². The van der Waals surface area contributed by atoms with Gasteiger partial charge in [-0.05, 0) is 38.7 Å². The Morgan fingerprint density at radius 1 is 1.48 bits per heavy atom. The van der Waals surface area contributed by atoms with Crippen LogP contribution in [0.2, 0.25) is 0 Å². The molecule has 0 aliphatic heterocycles. The molecule has 1 amide bonds. The van der Waals surface area contributed by atoms with Gasteiger partial charge < -0.3 is 15.0 Å². The second-order valence-corrected chi connectivity index (χ2v) is 6.23. The third kappa shape index (κ3) is 3.29. The minimum absolute atomic E-state index is 0.0128. The number of rotatable bonds is 5. The lowest BCUT2D eigenvalue weighted by Crippen LogP contribution is -2.42. The summed E-state index contributed by atoms with van der Waals surface area (Å²) in [6, 6.07) is -0.206. The molecule has 3 rings (SSSR count). The van der Waals surface area contributed by atoms with Crippen LogP contribution in [0.1, 0.15) is 42.3 Å². The Hall–Kier alpha value is -2.15. The number of aliphatic hydroxyl groups is 1. The van der Waals surface area contributed by atoms with Crippen molar-refractivity contribution < 1.29 is 9.90 Å². The van der Waals surface area contributed by atoms with Gasteiger partial charge in [-0.25, -0.2) is 4.98 Å². The number of carbonyl (C=O) groups excluding carboxylic acids is 1. The molecule has 124 valence electrons. The highest BCUT2D eigenvalue weighted by Crippen LogP contribution is 2.30. The molecule has 2 aromatic rings. The first-order chi connectivity index (χ1) is 11.1. The van der Waals surface area contributed by atoms with Crippen molar-refractivity contribution in [3.8, 4) is 0 Å². The Bertz CT molecular complexity index is 645. The first-order valence-electron chi connectivity index (χ1n) is 8.01. The number of aromatic amines is 1. The standard InChI is InChI=1S/C16H23N5O2/c1-10-12(11(2)20-19-10)3-6-15(22)18-13-4-5-14(16(13)23)21-8-7-17-9-21/h7-9,13-14,16,23H,3-6H2,1-2H3,(H,18,22)(H,19,20)/t13-,14-,16-/m1/s1. The molecule has 0 radical (unpaired) electrons. The maximum Gasteiger partial charge on any atom is 0.220 e. The normalized spacial score (nSPS) is 24.0. The van der Waals surface area contributed by atoms with Crippen LogP contribution < -0.4 is 5.32 Å². The molecule has 3 atom stereocenters. The fraction of sp³-hybridized carbons (Fsp3) is 0.562. The van der Waals surface area contributed by atoms with E-state index in [1.165, 1.54) is 0 Å². The number of hydrogen-bond acceptors (Lipinski definition) is 4. The zero-order chi connectivity index (χ0) is 16.4. The summed E-state index contributed by atoms with van der Waals surface area (Å²) in [7, 11) is 0. The average molecular weight is 317 g/mol. The van der Waals surface area contributed by atoms with Crippen LogP contribution in [-0.4, -0.2) is 42.9 Å². The number of imidazole rings is 1. The van der Waals surface area contributed by atoms with Crippen LogP contribution >= 0.6 is 0 Å². The second-order valence-electron chi connectivity index (χ2n) is 6.23. The van der Waals surface area contributed by atoms with Gasteiger partial charge in [-0.2, -0.15) is 5.10 Å². The fourth-order valence-corrected chi connectivity index (χ4v) is 3.37. The number of aliphatic hydroxyl groups excluding tert-OH is 1. The number of hydrogen-bond donors (Lipinski definition) is 3. The third-order valence-corrected chi connectivity index (χ3v) is 4.72. The SMILES string of the molecule is Cc1n[nH]c(C)c1CCC(=O)N[C@@H]1CC[C@@H](n2ccnc2)[C@@H]1O. The summed E-state index contributed by atoms with van der Waals surface area (Å²) in [5.41, 5.74) is 3.05. The number of aryl methyl sites for hydroxylation is 2. The molecule has 1 saturated carbocycles. The van der Waals surface area contributed by atoms with Crippen molar-refractivity contribution in [2.75, 3.05) is 0 Å². The highest BCUT2D eigenvalue weighted by Gasteiger charge is 2.36. The van der Waals surface area contributed by atoms with Crippen LogP contribution in [0.15, 0.2) is 18.7 Å². The number of carbonyl (C=O) groups is 1. The predicted molar refractivity (Wildman–Crippen MR) is 84.8 cm³/mol. The summed E-state index contributed by atoms with van der Waals surface area (Å²) in [4.78, 5) is 16.2. The molecule has 2 aromatic heterocycles. The van der Waals surface area contributed by atoms with Crippen molar-refractivity contribution >= 4 is 5.91 Å². The number of nitrogens with zero attached hydrogens (tertiary/aromatic N) is 3. The zero-order valence-electron chi connectivity index (χ0n) is 13.5. The van der Waals surface area contributed by atoms with E-state index in [1.54, 1.807) is 12.5 Å². The summed E-state index contributed by atoms with van der Waals surface area (Å²) in [5.74, 6) is -0.0275. The smallest absolute Gasteiger partial charge is 0.220 e. The highest BCUT2D eigenvalue weighted by atomic mass is 16.3. The van der Waals surface area contributed by atoms with Crippen molar-refractivity contribution in [3.63, 3.8) is 0 Å². The van der Waals surface area contributed by atoms with Gasteiger partial charge in [0.2, 0.25) is 5.91 Å². The minimum atomic E-state index is -0.578. The lowest BCUT2D eigenvalue weighted by atomic mass is 10.1. The van der Waals surface area contributed by atoms with Crippen molar-refractivity contribution in [1.29, 1.82) is 0 Å². The lowest BCUT2D eigenvalue weighted by molar-refractivity contribution is -0.122. The molecule has 1 fully saturated rings. The second kappa shape index (κ2) is 6.54. The van der Waals surface area contributed by atoms with Crippen LogP contribution in [0.4, 0.5) is 0 Å². The first kappa shape index (κ1) is 15.7. The number of nitrogens with one attached hydrogen (secondary N) is 2. The van der Waals surface area contributed by atoms with Crippen LogP contribution in [0.25, 0.3) is 0 Å². The van der Waals surface area contributed by atoms with Crippen LogP contribution in [0, 0.1) is 13.8 Å². The van der Waals surface area contributed by atoms with Gasteiger partial charge in [0.1, 0.15) is 0 Å². The monoisotopic (exact) mass is 317 g/mol. The maximum atomic E-state index is 12.2. The molecule has 0 aromatic carbocycles. The summed E-state index contributed by atoms with van der Waals surface area (Å²) >= 11 is 0. The summed E-state index contributed by atoms with van der Waals surface area (Å²) < 4.78 is 1.91. The van der Waals surface area contributed by atoms with E-state index in [-0.39, 0.29) is 18.0 Å². The van der Waals surface area contributed by atoms with Crippen LogP contribution in [0.3, 0.4) is 0 Å². The largest absolute Gasteiger partial charge is 0.389 e. The quantitative estimate of drug-likeness (QED) is 0.767. The topological polar surface area (TPSA) is 95.8 Å². The molecule has 0 bridgehead atoms. The molecule has 0 spiro atoms. The number of aromatic nitrogens is 4. The van der Waals surface area contributed by atoms with Crippen LogP contribution in [0.5, 0.6) is 0 Å². The number of H-pyrrole nitrogens is 1. The van der Waals surface area contributed by atoms with E-state index in [9.17, 15) is 9.90 Å². The average Bonchev–Trinajstić information content (AvgIpc) is 3.22. The van der Waals surface area contributed by atoms with E-state index in [0.29, 0.717) is 12.8 Å². The van der Waals surface area contributed by atoms with E-state index < -0.39 is 6.10 Å². The third-order valence-electron chi connectivity index (χ3n) is 4.72. The van der Waals surface area contributed by atoms with E-state index >= 15 is 0 Å². The van der Waals surface area contributed by atoms with Gasteiger partial charge in [0.05, 0.1) is 30.2 Å². The Morgan fingerprint density at radius 2 is 2.30 bits per heavy atom. The lowest BCUT2D eigenvalue weighted by Gasteiger charge is -2.21. The predicted octanol–water partition coefficient (Wildman–Crippen LogP) is 1.04. The molecule has 2 heterocycles.